The van der Waals surface area contributed by atoms with Gasteiger partial charge in [-0.3, -0.25) is 4.79 Å². The predicted molar refractivity (Wildman–Crippen MR) is 65.6 cm³/mol. The second-order valence-corrected chi connectivity index (χ2v) is 5.10. The van der Waals surface area contributed by atoms with Crippen LogP contribution in [0.4, 0.5) is 0 Å². The lowest BCUT2D eigenvalue weighted by Gasteiger charge is -2.30. The smallest absolute Gasteiger partial charge is 0.327 e. The highest BCUT2D eigenvalue weighted by atomic mass is 32.2. The molecule has 1 aliphatic rings. The Balaban J connectivity index is 2.61. The van der Waals surface area contributed by atoms with Crippen molar-refractivity contribution in [2.45, 2.75) is 25.3 Å². The SMILES string of the molecule is CCOC(=O)C(CSCCO)(NC)C1CC1. The average Bonchev–Trinajstić information content (AvgIpc) is 3.09. The molecule has 0 aromatic rings. The lowest BCUT2D eigenvalue weighted by molar-refractivity contribution is -0.150. The fourth-order valence-corrected chi connectivity index (χ4v) is 2.95. The van der Waals surface area contributed by atoms with Crippen LogP contribution in [0.1, 0.15) is 19.8 Å². The van der Waals surface area contributed by atoms with Gasteiger partial charge in [0.05, 0.1) is 13.2 Å². The van der Waals surface area contributed by atoms with Crippen molar-refractivity contribution in [1.82, 2.24) is 5.32 Å². The van der Waals surface area contributed by atoms with E-state index in [2.05, 4.69) is 5.32 Å². The third-order valence-electron chi connectivity index (χ3n) is 2.93. The number of aliphatic hydroxyl groups is 1. The lowest BCUT2D eigenvalue weighted by atomic mass is 9.96. The van der Waals surface area contributed by atoms with Crippen LogP contribution < -0.4 is 5.32 Å². The largest absolute Gasteiger partial charge is 0.465 e. The van der Waals surface area contributed by atoms with Gasteiger partial charge in [-0.15, -0.1) is 0 Å². The van der Waals surface area contributed by atoms with Crippen LogP contribution in [0.25, 0.3) is 0 Å². The minimum Gasteiger partial charge on any atom is -0.465 e. The molecule has 94 valence electrons. The molecule has 1 rings (SSSR count). The molecule has 0 aromatic carbocycles. The molecule has 1 saturated carbocycles. The molecule has 0 amide bonds. The Hall–Kier alpha value is -0.260. The van der Waals surface area contributed by atoms with Gasteiger partial charge in [0.2, 0.25) is 0 Å². The van der Waals surface area contributed by atoms with Crippen molar-refractivity contribution in [1.29, 1.82) is 0 Å². The van der Waals surface area contributed by atoms with Crippen molar-refractivity contribution < 1.29 is 14.6 Å². The van der Waals surface area contributed by atoms with Gasteiger partial charge in [0, 0.05) is 11.5 Å². The maximum absolute atomic E-state index is 12.0. The average molecular weight is 247 g/mol. The number of carbonyl (C=O) groups is 1. The van der Waals surface area contributed by atoms with E-state index in [1.54, 1.807) is 11.8 Å². The van der Waals surface area contributed by atoms with Gasteiger partial charge in [-0.05, 0) is 32.7 Å². The highest BCUT2D eigenvalue weighted by molar-refractivity contribution is 7.99. The Morgan fingerprint density at radius 1 is 1.62 bits per heavy atom. The molecule has 1 fully saturated rings. The molecule has 0 radical (unpaired) electrons. The van der Waals surface area contributed by atoms with Gasteiger partial charge < -0.3 is 15.2 Å². The summed E-state index contributed by atoms with van der Waals surface area (Å²) in [5.74, 6) is 1.58. The number of thioether (sulfide) groups is 1. The fourth-order valence-electron chi connectivity index (χ4n) is 1.86. The number of ether oxygens (including phenoxy) is 1. The molecule has 4 nitrogen and oxygen atoms in total. The van der Waals surface area contributed by atoms with Gasteiger partial charge in [-0.25, -0.2) is 0 Å². The quantitative estimate of drug-likeness (QED) is 0.487. The molecule has 5 heteroatoms. The number of hydrogen-bond donors (Lipinski definition) is 2. The van der Waals surface area contributed by atoms with Crippen LogP contribution >= 0.6 is 11.8 Å². The summed E-state index contributed by atoms with van der Waals surface area (Å²) in [4.78, 5) is 12.0. The van der Waals surface area contributed by atoms with E-state index >= 15 is 0 Å². The zero-order valence-corrected chi connectivity index (χ0v) is 10.8. The molecule has 1 atom stereocenters. The van der Waals surface area contributed by atoms with E-state index in [4.69, 9.17) is 9.84 Å². The van der Waals surface area contributed by atoms with E-state index < -0.39 is 5.54 Å². The summed E-state index contributed by atoms with van der Waals surface area (Å²) in [6.07, 6.45) is 2.17. The summed E-state index contributed by atoms with van der Waals surface area (Å²) >= 11 is 1.59. The van der Waals surface area contributed by atoms with Gasteiger partial charge >= 0.3 is 5.97 Å². The van der Waals surface area contributed by atoms with Crippen LogP contribution in [0.15, 0.2) is 0 Å². The number of esters is 1. The highest BCUT2D eigenvalue weighted by Crippen LogP contribution is 2.42. The highest BCUT2D eigenvalue weighted by Gasteiger charge is 2.50. The first kappa shape index (κ1) is 13.8. The van der Waals surface area contributed by atoms with E-state index in [0.29, 0.717) is 24.0 Å². The number of carbonyl (C=O) groups excluding carboxylic acids is 1. The molecular formula is C11H21NO3S. The summed E-state index contributed by atoms with van der Waals surface area (Å²) in [5, 5.41) is 11.9. The molecule has 0 aromatic heterocycles. The van der Waals surface area contributed by atoms with Crippen LogP contribution in [0.2, 0.25) is 0 Å². The summed E-state index contributed by atoms with van der Waals surface area (Å²) < 4.78 is 5.15. The van der Waals surface area contributed by atoms with Crippen molar-refractivity contribution in [3.8, 4) is 0 Å². The first-order chi connectivity index (χ1) is 7.71. The van der Waals surface area contributed by atoms with Crippen LogP contribution in [0, 0.1) is 5.92 Å². The number of likely N-dealkylation sites (N-methyl/N-ethyl adjacent to an activating group) is 1. The molecular weight excluding hydrogens is 226 g/mol. The van der Waals surface area contributed by atoms with Crippen molar-refractivity contribution in [3.05, 3.63) is 0 Å². The Kier molecular flexibility index (Phi) is 5.58. The van der Waals surface area contributed by atoms with Gasteiger partial charge in [0.15, 0.2) is 0 Å². The Labute approximate surface area is 101 Å². The third-order valence-corrected chi connectivity index (χ3v) is 4.06. The van der Waals surface area contributed by atoms with Crippen LogP contribution in [-0.2, 0) is 9.53 Å². The summed E-state index contributed by atoms with van der Waals surface area (Å²) in [6.45, 7) is 2.39. The van der Waals surface area contributed by atoms with E-state index in [1.165, 1.54) is 0 Å². The third kappa shape index (κ3) is 3.12. The predicted octanol–water partition coefficient (Wildman–Crippen LogP) is 0.643. The molecule has 2 N–H and O–H groups in total. The van der Waals surface area contributed by atoms with Crippen LogP contribution in [0.3, 0.4) is 0 Å². The van der Waals surface area contributed by atoms with Crippen LogP contribution in [-0.4, -0.2) is 48.4 Å². The molecule has 0 aliphatic heterocycles. The second-order valence-electron chi connectivity index (χ2n) is 3.99. The lowest BCUT2D eigenvalue weighted by Crippen LogP contribution is -2.55. The topological polar surface area (TPSA) is 58.6 Å². The fraction of sp³-hybridized carbons (Fsp3) is 0.909. The minimum absolute atomic E-state index is 0.148. The normalized spacial score (nSPS) is 19.2. The summed E-state index contributed by atoms with van der Waals surface area (Å²) in [7, 11) is 1.81. The van der Waals surface area contributed by atoms with E-state index in [0.717, 1.165) is 12.8 Å². The van der Waals surface area contributed by atoms with Gasteiger partial charge in [0.1, 0.15) is 5.54 Å². The molecule has 0 heterocycles. The number of rotatable bonds is 8. The standard InChI is InChI=1S/C11H21NO3S/c1-3-15-10(14)11(12-2,9-4-5-9)8-16-7-6-13/h9,12-13H,3-8H2,1-2H3. The maximum Gasteiger partial charge on any atom is 0.327 e. The first-order valence-electron chi connectivity index (χ1n) is 5.76. The Bertz CT molecular complexity index is 233. The minimum atomic E-state index is -0.546. The summed E-state index contributed by atoms with van der Waals surface area (Å²) in [5.41, 5.74) is -0.546. The van der Waals surface area contributed by atoms with Gasteiger partial charge in [-0.2, -0.15) is 11.8 Å². The molecule has 1 aliphatic carbocycles. The monoisotopic (exact) mass is 247 g/mol. The van der Waals surface area contributed by atoms with Crippen molar-refractivity contribution >= 4 is 17.7 Å². The number of hydrogen-bond acceptors (Lipinski definition) is 5. The van der Waals surface area contributed by atoms with Crippen molar-refractivity contribution in [2.75, 3.05) is 31.8 Å². The van der Waals surface area contributed by atoms with Gasteiger partial charge in [-0.1, -0.05) is 0 Å². The Morgan fingerprint density at radius 2 is 2.31 bits per heavy atom. The molecule has 0 saturated heterocycles. The Morgan fingerprint density at radius 3 is 2.75 bits per heavy atom. The van der Waals surface area contributed by atoms with Crippen LogP contribution in [0.5, 0.6) is 0 Å². The number of nitrogens with one attached hydrogen (secondary N) is 1. The van der Waals surface area contributed by atoms with E-state index in [1.807, 2.05) is 14.0 Å². The van der Waals surface area contributed by atoms with E-state index in [-0.39, 0.29) is 12.6 Å². The molecule has 0 bridgehead atoms. The molecule has 16 heavy (non-hydrogen) atoms. The number of aliphatic hydroxyl groups excluding tert-OH is 1. The second kappa shape index (κ2) is 6.47. The molecule has 0 spiro atoms. The zero-order valence-electron chi connectivity index (χ0n) is 9.99. The first-order valence-corrected chi connectivity index (χ1v) is 6.91. The zero-order chi connectivity index (χ0) is 12.0. The maximum atomic E-state index is 12.0. The van der Waals surface area contributed by atoms with E-state index in [9.17, 15) is 4.79 Å². The van der Waals surface area contributed by atoms with Gasteiger partial charge in [0.25, 0.3) is 0 Å². The molecule has 1 unspecified atom stereocenters. The van der Waals surface area contributed by atoms with Crippen molar-refractivity contribution in [2.24, 2.45) is 5.92 Å². The van der Waals surface area contributed by atoms with Crippen molar-refractivity contribution in [3.63, 3.8) is 0 Å². The summed E-state index contributed by atoms with van der Waals surface area (Å²) in [6, 6.07) is 0.